The van der Waals surface area contributed by atoms with E-state index >= 15 is 0 Å². The molecule has 0 aromatic carbocycles. The SMILES string of the molecule is O=C(O)CC(O)(CC(=O)OS(=O)(=O)O)C(=O)O.[H-].[H-].[H-].[H-].[Na+].[Na+].[Na+].[Na+]. The van der Waals surface area contributed by atoms with E-state index in [9.17, 15) is 27.9 Å². The second-order valence-corrected chi connectivity index (χ2v) is 3.99. The molecule has 0 fully saturated rings. The number of hydrogen-bond acceptors (Lipinski definition) is 7. The van der Waals surface area contributed by atoms with E-state index in [1.165, 1.54) is 0 Å². The van der Waals surface area contributed by atoms with Crippen LogP contribution in [-0.4, -0.2) is 51.8 Å². The van der Waals surface area contributed by atoms with Gasteiger partial charge in [0.15, 0.2) is 5.60 Å². The number of hydrogen-bond donors (Lipinski definition) is 4. The number of aliphatic hydroxyl groups is 1. The van der Waals surface area contributed by atoms with Crippen LogP contribution in [0.4, 0.5) is 0 Å². The Labute approximate surface area is 214 Å². The molecule has 0 aliphatic rings. The molecule has 106 valence electrons. The van der Waals surface area contributed by atoms with Crippen molar-refractivity contribution in [3.05, 3.63) is 0 Å². The molecule has 0 bridgehead atoms. The third kappa shape index (κ3) is 16.9. The van der Waals surface area contributed by atoms with E-state index in [4.69, 9.17) is 14.8 Å². The summed E-state index contributed by atoms with van der Waals surface area (Å²) in [5.41, 5.74) is -3.02. The molecule has 21 heavy (non-hydrogen) atoms. The van der Waals surface area contributed by atoms with E-state index in [2.05, 4.69) is 4.18 Å². The average molecular weight is 368 g/mol. The standard InChI is InChI=1S/C6H8O10S.4Na.4H/c7-3(8)1-6(12,5(10)11)2-4(9)16-17(13,14)15;;;;;;;;/h12H,1-2H2,(H,7,8)(H,10,11)(H,13,14,15);;;;;;;;/q;4*+1;4*-1. The van der Waals surface area contributed by atoms with Crippen molar-refractivity contribution < 1.29 is 171 Å². The third-order valence-electron chi connectivity index (χ3n) is 1.48. The van der Waals surface area contributed by atoms with Crippen molar-refractivity contribution in [1.82, 2.24) is 0 Å². The van der Waals surface area contributed by atoms with Crippen LogP contribution in [0, 0.1) is 0 Å². The average Bonchev–Trinajstić information content (AvgIpc) is 1.96. The van der Waals surface area contributed by atoms with Crippen LogP contribution in [0.25, 0.3) is 0 Å². The first kappa shape index (κ1) is 34.6. The van der Waals surface area contributed by atoms with Gasteiger partial charge >= 0.3 is 147 Å². The molecule has 0 rings (SSSR count). The molecule has 0 aliphatic carbocycles. The normalized spacial score (nSPS) is 11.9. The maximum absolute atomic E-state index is 10.8. The Kier molecular flexibility index (Phi) is 24.1. The summed E-state index contributed by atoms with van der Waals surface area (Å²) in [6, 6.07) is 0. The summed E-state index contributed by atoms with van der Waals surface area (Å²) in [7, 11) is -5.15. The molecule has 0 saturated heterocycles. The van der Waals surface area contributed by atoms with Gasteiger partial charge in [-0.3, -0.25) is 14.1 Å². The molecule has 0 radical (unpaired) electrons. The Morgan fingerprint density at radius 3 is 1.62 bits per heavy atom. The Morgan fingerprint density at radius 2 is 1.38 bits per heavy atom. The van der Waals surface area contributed by atoms with E-state index in [1.54, 1.807) is 0 Å². The fourth-order valence-electron chi connectivity index (χ4n) is 0.850. The van der Waals surface area contributed by atoms with Crippen LogP contribution >= 0.6 is 0 Å². The van der Waals surface area contributed by atoms with Gasteiger partial charge in [-0.1, -0.05) is 0 Å². The molecule has 1 unspecified atom stereocenters. The largest absolute Gasteiger partial charge is 1.00 e. The number of aliphatic carboxylic acids is 2. The van der Waals surface area contributed by atoms with Crippen molar-refractivity contribution in [2.75, 3.05) is 0 Å². The predicted octanol–water partition coefficient (Wildman–Crippen LogP) is -13.5. The zero-order chi connectivity index (χ0) is 13.9. The van der Waals surface area contributed by atoms with Gasteiger partial charge in [0, 0.05) is 0 Å². The molecule has 0 spiro atoms. The summed E-state index contributed by atoms with van der Waals surface area (Å²) < 4.78 is 31.6. The van der Waals surface area contributed by atoms with Crippen LogP contribution in [0.1, 0.15) is 18.5 Å². The third-order valence-corrected chi connectivity index (χ3v) is 1.87. The smallest absolute Gasteiger partial charge is 1.00 e. The fraction of sp³-hybridized carbons (Fsp3) is 0.500. The molecule has 1 atom stereocenters. The van der Waals surface area contributed by atoms with Gasteiger partial charge in [0.25, 0.3) is 0 Å². The minimum atomic E-state index is -5.15. The van der Waals surface area contributed by atoms with Gasteiger partial charge in [-0.15, -0.1) is 0 Å². The molecular weight excluding hydrogens is 356 g/mol. The van der Waals surface area contributed by atoms with Gasteiger partial charge in [-0.05, 0) is 0 Å². The number of carboxylic acid groups (broad SMARTS) is 2. The van der Waals surface area contributed by atoms with Crippen molar-refractivity contribution in [3.8, 4) is 0 Å². The molecule has 10 nitrogen and oxygen atoms in total. The second-order valence-electron chi connectivity index (χ2n) is 2.97. The van der Waals surface area contributed by atoms with E-state index in [0.29, 0.717) is 0 Å². The Hall–Kier alpha value is 2.28. The summed E-state index contributed by atoms with van der Waals surface area (Å²) in [4.78, 5) is 31.6. The summed E-state index contributed by atoms with van der Waals surface area (Å²) in [6.45, 7) is 0. The monoisotopic (exact) mass is 368 g/mol. The van der Waals surface area contributed by atoms with Crippen molar-refractivity contribution in [2.45, 2.75) is 18.4 Å². The molecule has 0 heterocycles. The molecule has 4 N–H and O–H groups in total. The van der Waals surface area contributed by atoms with Crippen LogP contribution < -0.4 is 118 Å². The molecule has 0 saturated carbocycles. The van der Waals surface area contributed by atoms with Crippen molar-refractivity contribution >= 4 is 28.3 Å². The van der Waals surface area contributed by atoms with Crippen molar-refractivity contribution in [1.29, 1.82) is 0 Å². The minimum absolute atomic E-state index is 0. The van der Waals surface area contributed by atoms with Gasteiger partial charge in [-0.25, -0.2) is 4.79 Å². The Bertz CT molecular complexity index is 466. The summed E-state index contributed by atoms with van der Waals surface area (Å²) in [5.74, 6) is -5.58. The van der Waals surface area contributed by atoms with Gasteiger partial charge in [0.1, 0.15) is 0 Å². The topological polar surface area (TPSA) is 175 Å². The van der Waals surface area contributed by atoms with E-state index in [1.807, 2.05) is 0 Å². The van der Waals surface area contributed by atoms with Crippen LogP contribution in [0.5, 0.6) is 0 Å². The molecule has 0 aromatic rings. The van der Waals surface area contributed by atoms with Crippen molar-refractivity contribution in [2.24, 2.45) is 0 Å². The Morgan fingerprint density at radius 1 is 1.00 bits per heavy atom. The zero-order valence-corrected chi connectivity index (χ0v) is 20.9. The second kappa shape index (κ2) is 14.6. The Balaban J connectivity index is -0.0000000457. The van der Waals surface area contributed by atoms with Crippen LogP contribution in [0.2, 0.25) is 0 Å². The van der Waals surface area contributed by atoms with Crippen molar-refractivity contribution in [3.63, 3.8) is 0 Å². The maximum Gasteiger partial charge on any atom is 1.00 e. The van der Waals surface area contributed by atoms with Gasteiger partial charge in [0.2, 0.25) is 0 Å². The molecule has 0 amide bonds. The first-order valence-corrected chi connectivity index (χ1v) is 5.20. The maximum atomic E-state index is 10.8. The van der Waals surface area contributed by atoms with E-state index < -0.39 is 46.7 Å². The van der Waals surface area contributed by atoms with Crippen LogP contribution in [0.15, 0.2) is 0 Å². The van der Waals surface area contributed by atoms with Gasteiger partial charge in [0.05, 0.1) is 12.8 Å². The molecule has 15 heteroatoms. The first-order chi connectivity index (χ1) is 7.46. The fourth-order valence-corrected chi connectivity index (χ4v) is 1.14. The van der Waals surface area contributed by atoms with Crippen LogP contribution in [0.3, 0.4) is 0 Å². The molecular formula is C6H12Na4O10S. The quantitative estimate of drug-likeness (QED) is 0.260. The summed E-state index contributed by atoms with van der Waals surface area (Å²) >= 11 is 0. The zero-order valence-electron chi connectivity index (χ0n) is 16.1. The summed E-state index contributed by atoms with van der Waals surface area (Å²) in [6.07, 6.45) is -2.79. The minimum Gasteiger partial charge on any atom is -1.00 e. The number of carbonyl (C=O) groups excluding carboxylic acids is 1. The van der Waals surface area contributed by atoms with Gasteiger partial charge < -0.3 is 25.2 Å². The molecule has 0 aliphatic heterocycles. The number of rotatable bonds is 6. The first-order valence-electron chi connectivity index (χ1n) is 3.83. The number of carboxylic acids is 2. The van der Waals surface area contributed by atoms with Gasteiger partial charge in [-0.2, -0.15) is 8.42 Å². The molecule has 0 aromatic heterocycles. The predicted molar refractivity (Wildman–Crippen MR) is 51.5 cm³/mol. The van der Waals surface area contributed by atoms with E-state index in [-0.39, 0.29) is 124 Å². The number of carbonyl (C=O) groups is 3. The van der Waals surface area contributed by atoms with E-state index in [0.717, 1.165) is 0 Å². The summed E-state index contributed by atoms with van der Waals surface area (Å²) in [5, 5.41) is 26.1. The van der Waals surface area contributed by atoms with Crippen LogP contribution in [-0.2, 0) is 29.0 Å².